The summed E-state index contributed by atoms with van der Waals surface area (Å²) in [5.74, 6) is 0. The van der Waals surface area contributed by atoms with Gasteiger partial charge < -0.3 is 10.1 Å². The smallest absolute Gasteiger partial charge is 0.0700 e. The Balaban J connectivity index is 1.68. The van der Waals surface area contributed by atoms with Crippen LogP contribution in [0.1, 0.15) is 54.5 Å². The lowest BCUT2D eigenvalue weighted by molar-refractivity contribution is 0.111. The van der Waals surface area contributed by atoms with Crippen LogP contribution in [0.15, 0.2) is 6.07 Å². The van der Waals surface area contributed by atoms with Gasteiger partial charge in [-0.05, 0) is 57.6 Å². The molecule has 100 valence electrons. The Morgan fingerprint density at radius 1 is 1.39 bits per heavy atom. The zero-order valence-electron chi connectivity index (χ0n) is 11.4. The fraction of sp³-hybridized carbons (Fsp3) is 0.733. The van der Waals surface area contributed by atoms with E-state index < -0.39 is 0 Å². The van der Waals surface area contributed by atoms with Gasteiger partial charge in [0.05, 0.1) is 6.10 Å². The minimum atomic E-state index is 0.363. The molecule has 1 aromatic rings. The van der Waals surface area contributed by atoms with Gasteiger partial charge in [0.15, 0.2) is 0 Å². The summed E-state index contributed by atoms with van der Waals surface area (Å²) in [5, 5.41) is 3.74. The number of ether oxygens (including phenoxy) is 1. The molecule has 0 bridgehead atoms. The summed E-state index contributed by atoms with van der Waals surface area (Å²) in [6.07, 6.45) is 6.86. The molecule has 3 rings (SSSR count). The number of rotatable bonds is 3. The van der Waals surface area contributed by atoms with E-state index in [0.717, 1.165) is 13.0 Å². The largest absolute Gasteiger partial charge is 0.377 e. The van der Waals surface area contributed by atoms with Crippen LogP contribution < -0.4 is 5.32 Å². The standard InChI is InChI=1S/C15H23NOS/c1-10(16-13-7-8-17-11(13)2)15-9-12-5-3-4-6-14(12)18-15/h9-11,13,16H,3-8H2,1-2H3. The lowest BCUT2D eigenvalue weighted by Crippen LogP contribution is -2.36. The quantitative estimate of drug-likeness (QED) is 0.904. The molecular weight excluding hydrogens is 242 g/mol. The molecular formula is C15H23NOS. The molecule has 0 saturated carbocycles. The van der Waals surface area contributed by atoms with Crippen LogP contribution in [0.2, 0.25) is 0 Å². The van der Waals surface area contributed by atoms with Gasteiger partial charge in [-0.2, -0.15) is 0 Å². The first kappa shape index (κ1) is 12.6. The van der Waals surface area contributed by atoms with Crippen LogP contribution in [-0.2, 0) is 17.6 Å². The molecule has 1 aliphatic heterocycles. The molecule has 1 fully saturated rings. The van der Waals surface area contributed by atoms with Crippen molar-refractivity contribution in [2.24, 2.45) is 0 Å². The second kappa shape index (κ2) is 5.32. The van der Waals surface area contributed by atoms with E-state index in [2.05, 4.69) is 25.2 Å². The second-order valence-corrected chi connectivity index (χ2v) is 6.83. The maximum absolute atomic E-state index is 5.62. The van der Waals surface area contributed by atoms with Crippen molar-refractivity contribution < 1.29 is 4.74 Å². The first-order valence-corrected chi connectivity index (χ1v) is 8.05. The van der Waals surface area contributed by atoms with Crippen LogP contribution in [0.3, 0.4) is 0 Å². The number of thiophene rings is 1. The van der Waals surface area contributed by atoms with Gasteiger partial charge in [0.25, 0.3) is 0 Å². The van der Waals surface area contributed by atoms with Crippen molar-refractivity contribution >= 4 is 11.3 Å². The van der Waals surface area contributed by atoms with Crippen LogP contribution in [0, 0.1) is 0 Å². The predicted molar refractivity (Wildman–Crippen MR) is 76.3 cm³/mol. The van der Waals surface area contributed by atoms with Crippen molar-refractivity contribution in [1.82, 2.24) is 5.32 Å². The van der Waals surface area contributed by atoms with E-state index in [1.165, 1.54) is 30.6 Å². The normalized spacial score (nSPS) is 29.2. The second-order valence-electron chi connectivity index (χ2n) is 5.66. The van der Waals surface area contributed by atoms with Gasteiger partial charge in [0.1, 0.15) is 0 Å². The van der Waals surface area contributed by atoms with Gasteiger partial charge in [-0.15, -0.1) is 11.3 Å². The van der Waals surface area contributed by atoms with Crippen molar-refractivity contribution in [3.8, 4) is 0 Å². The van der Waals surface area contributed by atoms with E-state index in [9.17, 15) is 0 Å². The molecule has 0 amide bonds. The summed E-state index contributed by atoms with van der Waals surface area (Å²) in [7, 11) is 0. The average molecular weight is 265 g/mol. The van der Waals surface area contributed by atoms with E-state index in [1.54, 1.807) is 10.4 Å². The zero-order valence-corrected chi connectivity index (χ0v) is 12.2. The van der Waals surface area contributed by atoms with Crippen molar-refractivity contribution in [3.05, 3.63) is 21.4 Å². The maximum atomic E-state index is 5.62. The van der Waals surface area contributed by atoms with E-state index >= 15 is 0 Å². The van der Waals surface area contributed by atoms with Gasteiger partial charge in [-0.3, -0.25) is 0 Å². The predicted octanol–water partition coefficient (Wildman–Crippen LogP) is 3.45. The van der Waals surface area contributed by atoms with Crippen LogP contribution in [0.5, 0.6) is 0 Å². The molecule has 1 N–H and O–H groups in total. The lowest BCUT2D eigenvalue weighted by atomic mass is 9.99. The fourth-order valence-corrected chi connectivity index (χ4v) is 4.35. The Morgan fingerprint density at radius 2 is 2.22 bits per heavy atom. The molecule has 0 spiro atoms. The Hall–Kier alpha value is -0.380. The van der Waals surface area contributed by atoms with Crippen molar-refractivity contribution in [3.63, 3.8) is 0 Å². The fourth-order valence-electron chi connectivity index (χ4n) is 3.08. The van der Waals surface area contributed by atoms with Crippen molar-refractivity contribution in [1.29, 1.82) is 0 Å². The Bertz CT molecular complexity index is 391. The highest BCUT2D eigenvalue weighted by atomic mass is 32.1. The Labute approximate surface area is 114 Å². The van der Waals surface area contributed by atoms with Crippen molar-refractivity contribution in [2.75, 3.05) is 6.61 Å². The lowest BCUT2D eigenvalue weighted by Gasteiger charge is -2.20. The molecule has 1 saturated heterocycles. The van der Waals surface area contributed by atoms with Gasteiger partial charge in [0.2, 0.25) is 0 Å². The number of hydrogen-bond donors (Lipinski definition) is 1. The molecule has 18 heavy (non-hydrogen) atoms. The molecule has 1 aromatic heterocycles. The summed E-state index contributed by atoms with van der Waals surface area (Å²) in [6, 6.07) is 3.44. The highest BCUT2D eigenvalue weighted by Gasteiger charge is 2.26. The Morgan fingerprint density at radius 3 is 2.94 bits per heavy atom. The molecule has 3 unspecified atom stereocenters. The zero-order chi connectivity index (χ0) is 12.5. The topological polar surface area (TPSA) is 21.3 Å². The number of nitrogens with one attached hydrogen (secondary N) is 1. The van der Waals surface area contributed by atoms with E-state index in [-0.39, 0.29) is 0 Å². The van der Waals surface area contributed by atoms with Gasteiger partial charge in [-0.1, -0.05) is 0 Å². The molecule has 1 aliphatic carbocycles. The molecule has 0 radical (unpaired) electrons. The maximum Gasteiger partial charge on any atom is 0.0700 e. The number of aryl methyl sites for hydroxylation is 2. The molecule has 2 aliphatic rings. The highest BCUT2D eigenvalue weighted by Crippen LogP contribution is 2.33. The van der Waals surface area contributed by atoms with Gasteiger partial charge in [0, 0.05) is 28.4 Å². The molecule has 2 nitrogen and oxygen atoms in total. The Kier molecular flexibility index (Phi) is 3.73. The summed E-state index contributed by atoms with van der Waals surface area (Å²) >= 11 is 2.02. The number of hydrogen-bond acceptors (Lipinski definition) is 3. The summed E-state index contributed by atoms with van der Waals surface area (Å²) in [4.78, 5) is 3.15. The monoisotopic (exact) mass is 265 g/mol. The third-order valence-electron chi connectivity index (χ3n) is 4.28. The van der Waals surface area contributed by atoms with Crippen LogP contribution in [0.25, 0.3) is 0 Å². The number of fused-ring (bicyclic) bond motifs is 1. The third-order valence-corrected chi connectivity index (χ3v) is 5.70. The van der Waals surface area contributed by atoms with Crippen molar-refractivity contribution in [2.45, 2.75) is 64.1 Å². The van der Waals surface area contributed by atoms with E-state index in [1.807, 2.05) is 11.3 Å². The molecule has 0 aromatic carbocycles. The van der Waals surface area contributed by atoms with Crippen LogP contribution in [-0.4, -0.2) is 18.8 Å². The minimum absolute atomic E-state index is 0.363. The first-order valence-electron chi connectivity index (χ1n) is 7.23. The van der Waals surface area contributed by atoms with Crippen LogP contribution >= 0.6 is 11.3 Å². The summed E-state index contributed by atoms with van der Waals surface area (Å²) < 4.78 is 5.62. The summed E-state index contributed by atoms with van der Waals surface area (Å²) in [5.41, 5.74) is 1.62. The summed E-state index contributed by atoms with van der Waals surface area (Å²) in [6.45, 7) is 5.38. The van der Waals surface area contributed by atoms with Gasteiger partial charge >= 0.3 is 0 Å². The molecule has 3 atom stereocenters. The van der Waals surface area contributed by atoms with Crippen LogP contribution in [0.4, 0.5) is 0 Å². The molecule has 2 heterocycles. The highest BCUT2D eigenvalue weighted by molar-refractivity contribution is 7.12. The van der Waals surface area contributed by atoms with Gasteiger partial charge in [-0.25, -0.2) is 0 Å². The molecule has 3 heteroatoms. The SMILES string of the molecule is CC(NC1CCOC1C)c1cc2c(s1)CCCC2. The van der Waals surface area contributed by atoms with E-state index in [4.69, 9.17) is 4.74 Å². The minimum Gasteiger partial charge on any atom is -0.377 e. The average Bonchev–Trinajstić information content (AvgIpc) is 2.96. The third kappa shape index (κ3) is 2.49. The van der Waals surface area contributed by atoms with E-state index in [0.29, 0.717) is 18.2 Å². The first-order chi connectivity index (χ1) is 8.74.